The Kier molecular flexibility index (Phi) is 4.51. The first kappa shape index (κ1) is 7.60. The molecule has 48 valence electrons. The Morgan fingerprint density at radius 2 is 2.25 bits per heavy atom. The maximum absolute atomic E-state index is 6.50. The molecular weight excluding hydrogens is 100 g/mol. The van der Waals surface area contributed by atoms with Gasteiger partial charge < -0.3 is 0 Å². The fourth-order valence-corrected chi connectivity index (χ4v) is 0.489. The minimum atomic E-state index is 0.703. The monoisotopic (exact) mass is 114 g/mol. The molecule has 2 nitrogen and oxygen atoms in total. The van der Waals surface area contributed by atoms with Crippen LogP contribution in [0.1, 0.15) is 26.7 Å². The van der Waals surface area contributed by atoms with Crippen LogP contribution in [-0.4, -0.2) is 6.54 Å². The summed E-state index contributed by atoms with van der Waals surface area (Å²) in [5.41, 5.74) is 6.50. The van der Waals surface area contributed by atoms with E-state index in [4.69, 9.17) is 5.53 Å². The van der Waals surface area contributed by atoms with Gasteiger partial charge in [-0.15, -0.1) is 0 Å². The average molecular weight is 114 g/mol. The van der Waals surface area contributed by atoms with Crippen LogP contribution in [0, 0.1) is 11.4 Å². The van der Waals surface area contributed by atoms with Gasteiger partial charge in [-0.25, -0.2) is 5.53 Å². The summed E-state index contributed by atoms with van der Waals surface area (Å²) in [5, 5.41) is 3.27. The second-order valence-electron chi connectivity index (χ2n) is 2.18. The van der Waals surface area contributed by atoms with Gasteiger partial charge in [0.1, 0.15) is 0 Å². The molecule has 0 aromatic rings. The van der Waals surface area contributed by atoms with Crippen molar-refractivity contribution >= 4 is 0 Å². The first-order chi connectivity index (χ1) is 3.81. The van der Waals surface area contributed by atoms with Crippen molar-refractivity contribution in [3.05, 3.63) is 0 Å². The van der Waals surface area contributed by atoms with Gasteiger partial charge in [0.25, 0.3) is 0 Å². The van der Waals surface area contributed by atoms with Crippen LogP contribution in [0.4, 0.5) is 0 Å². The molecule has 0 rings (SSSR count). The second kappa shape index (κ2) is 4.75. The van der Waals surface area contributed by atoms with E-state index in [2.05, 4.69) is 19.0 Å². The van der Waals surface area contributed by atoms with E-state index in [1.54, 1.807) is 0 Å². The predicted molar refractivity (Wildman–Crippen MR) is 34.1 cm³/mol. The maximum Gasteiger partial charge on any atom is 0.0598 e. The Hall–Kier alpha value is -0.400. The van der Waals surface area contributed by atoms with Crippen molar-refractivity contribution < 1.29 is 0 Å². The van der Waals surface area contributed by atoms with Crippen LogP contribution in [0.15, 0.2) is 5.11 Å². The van der Waals surface area contributed by atoms with Crippen molar-refractivity contribution in [2.45, 2.75) is 26.7 Å². The quantitative estimate of drug-likeness (QED) is 0.545. The van der Waals surface area contributed by atoms with Gasteiger partial charge in [0, 0.05) is 0 Å². The van der Waals surface area contributed by atoms with E-state index in [1.165, 1.54) is 6.42 Å². The van der Waals surface area contributed by atoms with Crippen LogP contribution >= 0.6 is 0 Å². The molecule has 0 fully saturated rings. The third-order valence-electron chi connectivity index (χ3n) is 1.43. The van der Waals surface area contributed by atoms with Gasteiger partial charge >= 0.3 is 0 Å². The Bertz CT molecular complexity index is 61.5. The molecule has 0 radical (unpaired) electrons. The van der Waals surface area contributed by atoms with E-state index in [1.807, 2.05) is 0 Å². The van der Waals surface area contributed by atoms with Gasteiger partial charge in [-0.2, -0.15) is 5.11 Å². The SMILES string of the molecule is CCC(C)CCN=N. The molecule has 0 amide bonds. The van der Waals surface area contributed by atoms with Crippen LogP contribution in [0.5, 0.6) is 0 Å². The van der Waals surface area contributed by atoms with Gasteiger partial charge in [-0.05, 0) is 12.3 Å². The van der Waals surface area contributed by atoms with Crippen molar-refractivity contribution in [2.75, 3.05) is 6.54 Å². The van der Waals surface area contributed by atoms with Gasteiger partial charge in [0.05, 0.1) is 6.54 Å². The summed E-state index contributed by atoms with van der Waals surface area (Å²) in [4.78, 5) is 0. The first-order valence-corrected chi connectivity index (χ1v) is 3.14. The van der Waals surface area contributed by atoms with Crippen LogP contribution in [0.2, 0.25) is 0 Å². The molecule has 2 heteroatoms. The van der Waals surface area contributed by atoms with Crippen molar-refractivity contribution in [1.29, 1.82) is 5.53 Å². The third-order valence-corrected chi connectivity index (χ3v) is 1.43. The number of hydrogen-bond acceptors (Lipinski definition) is 2. The first-order valence-electron chi connectivity index (χ1n) is 3.14. The standard InChI is InChI=1S/C6H14N2/c1-3-6(2)4-5-8-7/h6-7H,3-5H2,1-2H3. The number of nitrogens with one attached hydrogen (secondary N) is 1. The summed E-state index contributed by atoms with van der Waals surface area (Å²) in [6.07, 6.45) is 2.27. The molecule has 1 unspecified atom stereocenters. The Morgan fingerprint density at radius 3 is 2.62 bits per heavy atom. The maximum atomic E-state index is 6.50. The number of nitrogens with zero attached hydrogens (tertiary/aromatic N) is 1. The van der Waals surface area contributed by atoms with Crippen molar-refractivity contribution in [2.24, 2.45) is 11.0 Å². The number of rotatable bonds is 4. The van der Waals surface area contributed by atoms with Gasteiger partial charge in [-0.3, -0.25) is 0 Å². The fraction of sp³-hybridized carbons (Fsp3) is 1.00. The molecule has 0 bridgehead atoms. The second-order valence-corrected chi connectivity index (χ2v) is 2.18. The van der Waals surface area contributed by atoms with Crippen LogP contribution in [0.25, 0.3) is 0 Å². The highest BCUT2D eigenvalue weighted by molar-refractivity contribution is 4.49. The van der Waals surface area contributed by atoms with Crippen molar-refractivity contribution in [3.63, 3.8) is 0 Å². The van der Waals surface area contributed by atoms with E-state index in [0.717, 1.165) is 12.3 Å². The highest BCUT2D eigenvalue weighted by atomic mass is 14.9. The molecule has 0 aromatic carbocycles. The molecule has 0 aliphatic heterocycles. The van der Waals surface area contributed by atoms with E-state index < -0.39 is 0 Å². The average Bonchev–Trinajstić information content (AvgIpc) is 1.83. The molecule has 0 aliphatic rings. The molecule has 0 saturated carbocycles. The molecule has 0 saturated heterocycles. The Labute approximate surface area is 50.8 Å². The van der Waals surface area contributed by atoms with Crippen molar-refractivity contribution in [1.82, 2.24) is 0 Å². The molecule has 0 aromatic heterocycles. The van der Waals surface area contributed by atoms with Crippen molar-refractivity contribution in [3.8, 4) is 0 Å². The predicted octanol–water partition coefficient (Wildman–Crippen LogP) is 2.45. The zero-order chi connectivity index (χ0) is 6.41. The van der Waals surface area contributed by atoms with Gasteiger partial charge in [0.2, 0.25) is 0 Å². The lowest BCUT2D eigenvalue weighted by atomic mass is 10.1. The summed E-state index contributed by atoms with van der Waals surface area (Å²) in [6.45, 7) is 5.05. The van der Waals surface area contributed by atoms with Crippen LogP contribution in [-0.2, 0) is 0 Å². The molecule has 1 atom stereocenters. The molecule has 0 heterocycles. The highest BCUT2D eigenvalue weighted by Crippen LogP contribution is 2.04. The molecule has 0 spiro atoms. The van der Waals surface area contributed by atoms with E-state index >= 15 is 0 Å². The van der Waals surface area contributed by atoms with Crippen LogP contribution < -0.4 is 0 Å². The van der Waals surface area contributed by atoms with E-state index in [0.29, 0.717) is 6.54 Å². The molecule has 1 N–H and O–H groups in total. The largest absolute Gasteiger partial charge is 0.210 e. The minimum Gasteiger partial charge on any atom is -0.210 e. The van der Waals surface area contributed by atoms with Gasteiger partial charge in [-0.1, -0.05) is 20.3 Å². The summed E-state index contributed by atoms with van der Waals surface area (Å²) in [6, 6.07) is 0. The lowest BCUT2D eigenvalue weighted by Crippen LogP contribution is -1.93. The van der Waals surface area contributed by atoms with E-state index in [9.17, 15) is 0 Å². The smallest absolute Gasteiger partial charge is 0.0598 e. The number of hydrogen-bond donors (Lipinski definition) is 1. The highest BCUT2D eigenvalue weighted by Gasteiger charge is 1.94. The summed E-state index contributed by atoms with van der Waals surface area (Å²) >= 11 is 0. The Balaban J connectivity index is 2.97. The topological polar surface area (TPSA) is 36.2 Å². The molecule has 8 heavy (non-hydrogen) atoms. The van der Waals surface area contributed by atoms with Crippen LogP contribution in [0.3, 0.4) is 0 Å². The normalized spacial score (nSPS) is 13.2. The zero-order valence-corrected chi connectivity index (χ0v) is 5.65. The molecular formula is C6H14N2. The lowest BCUT2D eigenvalue weighted by molar-refractivity contribution is 0.517. The summed E-state index contributed by atoms with van der Waals surface area (Å²) < 4.78 is 0. The third kappa shape index (κ3) is 3.78. The lowest BCUT2D eigenvalue weighted by Gasteiger charge is -2.02. The minimum absolute atomic E-state index is 0.703. The fourth-order valence-electron chi connectivity index (χ4n) is 0.489. The zero-order valence-electron chi connectivity index (χ0n) is 5.65. The Morgan fingerprint density at radius 1 is 1.62 bits per heavy atom. The molecule has 0 aliphatic carbocycles. The summed E-state index contributed by atoms with van der Waals surface area (Å²) in [5.74, 6) is 0.740. The van der Waals surface area contributed by atoms with Gasteiger partial charge in [0.15, 0.2) is 0 Å². The summed E-state index contributed by atoms with van der Waals surface area (Å²) in [7, 11) is 0. The van der Waals surface area contributed by atoms with E-state index in [-0.39, 0.29) is 0 Å².